The first-order valence-corrected chi connectivity index (χ1v) is 24.6. The van der Waals surface area contributed by atoms with Crippen molar-refractivity contribution in [3.63, 3.8) is 0 Å². The van der Waals surface area contributed by atoms with E-state index in [2.05, 4.69) is 164 Å². The number of rotatable bonds is 7. The highest BCUT2D eigenvalue weighted by molar-refractivity contribution is 7.67. The van der Waals surface area contributed by atoms with E-state index in [9.17, 15) is 0 Å². The van der Waals surface area contributed by atoms with Crippen molar-refractivity contribution in [2.45, 2.75) is 172 Å². The Kier molecular flexibility index (Phi) is 14.1. The van der Waals surface area contributed by atoms with Crippen LogP contribution in [-0.2, 0) is 0 Å². The van der Waals surface area contributed by atoms with E-state index in [1.54, 1.807) is 5.30 Å². The maximum atomic E-state index is 2.55. The van der Waals surface area contributed by atoms with Gasteiger partial charge in [0.15, 0.2) is 0 Å². The summed E-state index contributed by atoms with van der Waals surface area (Å²) in [6.07, 6.45) is 13.6. The molecule has 0 saturated heterocycles. The van der Waals surface area contributed by atoms with Crippen molar-refractivity contribution in [1.82, 2.24) is 0 Å². The minimum Gasteiger partial charge on any atom is -0.189 e. The fourth-order valence-electron chi connectivity index (χ4n) is 13.1. The fraction of sp³-hybridized carbons (Fsp3) is 0.464. The Morgan fingerprint density at radius 1 is 0.310 bits per heavy atom. The molecule has 0 radical (unpaired) electrons. The van der Waals surface area contributed by atoms with Gasteiger partial charge in [0.25, 0.3) is 0 Å². The van der Waals surface area contributed by atoms with Gasteiger partial charge in [0.1, 0.15) is 6.15 Å². The zero-order valence-corrected chi connectivity index (χ0v) is 40.2. The summed E-state index contributed by atoms with van der Waals surface area (Å²) < 4.78 is 0. The molecular weight excluding hydrogens is 714 g/mol. The van der Waals surface area contributed by atoms with Crippen LogP contribution in [0.4, 0.5) is 0 Å². The summed E-state index contributed by atoms with van der Waals surface area (Å²) in [6.45, 7) is 32.2. The molecule has 0 nitrogen and oxygen atoms in total. The van der Waals surface area contributed by atoms with E-state index in [4.69, 9.17) is 0 Å². The Morgan fingerprint density at radius 3 is 0.776 bits per heavy atom. The second-order valence-corrected chi connectivity index (χ2v) is 22.7. The molecule has 0 unspecified atom stereocenters. The molecule has 0 bridgehead atoms. The standard InChI is InChI=1S/C36H44B.C20H31P/c1-21-13-25(5)33(26(6)14-21)37(34-27(7)15-22(2)16-28(34)8,35-29(9)17-23(3)18-30(35)10)36-31(11)19-24(4)20-32(36)12;1-16-13-17(2)15-20(14-16)21(18-9-5-3-6-10-18)19-11-7-4-8-12-19/h13-20H,1-12H3;13-15,18-19H,3-12H2,1-2H3/q-1;/p+1. The topological polar surface area (TPSA) is 0 Å². The van der Waals surface area contributed by atoms with Crippen LogP contribution in [0.3, 0.4) is 0 Å². The van der Waals surface area contributed by atoms with Crippen LogP contribution in [-0.4, -0.2) is 17.5 Å². The van der Waals surface area contributed by atoms with Gasteiger partial charge in [0.2, 0.25) is 0 Å². The Bertz CT molecular complexity index is 1890. The Balaban J connectivity index is 0.000000227. The summed E-state index contributed by atoms with van der Waals surface area (Å²) in [4.78, 5) is 0. The maximum absolute atomic E-state index is 2.55. The summed E-state index contributed by atoms with van der Waals surface area (Å²) in [6, 6.07) is 26.6. The smallest absolute Gasteiger partial charge is 0.110 e. The van der Waals surface area contributed by atoms with Crippen LogP contribution in [0, 0.1) is 96.9 Å². The summed E-state index contributed by atoms with van der Waals surface area (Å²) in [5.41, 5.74) is 27.5. The summed E-state index contributed by atoms with van der Waals surface area (Å²) in [7, 11) is -0.368. The molecule has 7 rings (SSSR count). The van der Waals surface area contributed by atoms with Crippen molar-refractivity contribution < 1.29 is 0 Å². The van der Waals surface area contributed by atoms with Gasteiger partial charge in [0, 0.05) is 7.92 Å². The van der Waals surface area contributed by atoms with E-state index in [-0.39, 0.29) is 7.92 Å². The lowest BCUT2D eigenvalue weighted by Crippen LogP contribution is -2.78. The van der Waals surface area contributed by atoms with Crippen LogP contribution in [0.1, 0.15) is 142 Å². The molecule has 0 atom stereocenters. The van der Waals surface area contributed by atoms with E-state index < -0.39 is 6.15 Å². The molecule has 58 heavy (non-hydrogen) atoms. The van der Waals surface area contributed by atoms with E-state index in [1.807, 2.05) is 0 Å². The lowest BCUT2D eigenvalue weighted by molar-refractivity contribution is 0.487. The highest BCUT2D eigenvalue weighted by Gasteiger charge is 2.41. The van der Waals surface area contributed by atoms with E-state index >= 15 is 0 Å². The van der Waals surface area contributed by atoms with Gasteiger partial charge in [-0.25, -0.2) is 0 Å². The van der Waals surface area contributed by atoms with Crippen molar-refractivity contribution in [3.05, 3.63) is 145 Å². The molecule has 308 valence electrons. The zero-order valence-electron chi connectivity index (χ0n) is 39.2. The number of hydrogen-bond acceptors (Lipinski definition) is 0. The van der Waals surface area contributed by atoms with Crippen LogP contribution in [0.25, 0.3) is 0 Å². The van der Waals surface area contributed by atoms with Gasteiger partial charge >= 0.3 is 0 Å². The maximum Gasteiger partial charge on any atom is 0.110 e. The average Bonchev–Trinajstić information content (AvgIpc) is 3.11. The van der Waals surface area contributed by atoms with Gasteiger partial charge in [-0.05, 0) is 172 Å². The summed E-state index contributed by atoms with van der Waals surface area (Å²) in [5.74, 6) is 0. The van der Waals surface area contributed by atoms with Crippen molar-refractivity contribution in [3.8, 4) is 0 Å². The number of hydrogen-bond donors (Lipinski definition) is 0. The lowest BCUT2D eigenvalue weighted by atomic mass is 9.10. The van der Waals surface area contributed by atoms with E-state index in [1.165, 1.54) is 164 Å². The highest BCUT2D eigenvalue weighted by Crippen LogP contribution is 2.55. The molecule has 5 aromatic rings. The first-order valence-electron chi connectivity index (χ1n) is 23.0. The van der Waals surface area contributed by atoms with Gasteiger partial charge in [-0.1, -0.05) is 134 Å². The fourth-order valence-corrected chi connectivity index (χ4v) is 17.6. The third-order valence-electron chi connectivity index (χ3n) is 14.3. The largest absolute Gasteiger partial charge is 0.189 e. The van der Waals surface area contributed by atoms with Gasteiger partial charge < -0.3 is 0 Å². The van der Waals surface area contributed by atoms with Crippen LogP contribution in [0.5, 0.6) is 0 Å². The second-order valence-electron chi connectivity index (χ2n) is 19.6. The third kappa shape index (κ3) is 9.02. The minimum atomic E-state index is -1.48. The monoisotopic (exact) mass is 791 g/mol. The molecule has 0 aromatic heterocycles. The summed E-state index contributed by atoms with van der Waals surface area (Å²) in [5, 5.41) is 1.77. The molecule has 5 aromatic carbocycles. The quantitative estimate of drug-likeness (QED) is 0.114. The third-order valence-corrected chi connectivity index (χ3v) is 18.2. The lowest BCUT2D eigenvalue weighted by Gasteiger charge is -2.51. The molecule has 0 spiro atoms. The summed E-state index contributed by atoms with van der Waals surface area (Å²) >= 11 is 0. The van der Waals surface area contributed by atoms with Gasteiger partial charge in [-0.2, -0.15) is 21.9 Å². The van der Waals surface area contributed by atoms with Crippen molar-refractivity contribution in [2.75, 3.05) is 0 Å². The van der Waals surface area contributed by atoms with Gasteiger partial charge in [-0.3, -0.25) is 0 Å². The first kappa shape index (κ1) is 44.2. The molecule has 0 N–H and O–H groups in total. The van der Waals surface area contributed by atoms with Crippen molar-refractivity contribution >= 4 is 41.2 Å². The Morgan fingerprint density at radius 2 is 0.534 bits per heavy atom. The number of benzene rings is 5. The molecule has 2 saturated carbocycles. The van der Waals surface area contributed by atoms with Gasteiger partial charge in [-0.15, -0.1) is 0 Å². The normalized spacial score (nSPS) is 15.4. The predicted molar refractivity (Wildman–Crippen MR) is 265 cm³/mol. The van der Waals surface area contributed by atoms with E-state index in [0.29, 0.717) is 0 Å². The molecular formula is C56H76BP. The molecule has 0 amide bonds. The molecule has 2 fully saturated rings. The van der Waals surface area contributed by atoms with Crippen LogP contribution >= 0.6 is 7.92 Å². The molecule has 2 heteroatoms. The van der Waals surface area contributed by atoms with Crippen LogP contribution in [0.15, 0.2) is 66.7 Å². The van der Waals surface area contributed by atoms with E-state index in [0.717, 1.165) is 11.3 Å². The molecule has 0 aliphatic heterocycles. The van der Waals surface area contributed by atoms with Gasteiger partial charge in [0.05, 0.1) is 16.6 Å². The predicted octanol–water partition coefficient (Wildman–Crippen LogP) is 12.6. The second kappa shape index (κ2) is 18.5. The van der Waals surface area contributed by atoms with Crippen LogP contribution in [0.2, 0.25) is 0 Å². The van der Waals surface area contributed by atoms with Crippen molar-refractivity contribution in [1.29, 1.82) is 0 Å². The average molecular weight is 791 g/mol. The minimum absolute atomic E-state index is 0.368. The zero-order chi connectivity index (χ0) is 42.1. The van der Waals surface area contributed by atoms with Crippen LogP contribution < -0.4 is 27.2 Å². The number of aryl methyl sites for hydroxylation is 14. The molecule has 0 heterocycles. The Labute approximate surface area is 356 Å². The first-order chi connectivity index (χ1) is 27.5. The molecule has 2 aliphatic rings. The van der Waals surface area contributed by atoms with Crippen molar-refractivity contribution in [2.24, 2.45) is 0 Å². The molecule has 2 aliphatic carbocycles. The SMILES string of the molecule is Cc1cc(C)c([B-](c2c(C)cc(C)cc2C)(c2c(C)cc(C)cc2C)c2c(C)cc(C)cc2C)c(C)c1.Cc1cc(C)cc([PH+](C2CCCCC2)C2CCCCC2)c1. The Hall–Kier alpha value is -3.41. The highest BCUT2D eigenvalue weighted by atomic mass is 31.1.